The average molecular weight is 245 g/mol. The molecule has 0 heterocycles. The number of carbonyl (C=O) groups excluding carboxylic acids is 1. The highest BCUT2D eigenvalue weighted by Crippen LogP contribution is 2.19. The highest BCUT2D eigenvalue weighted by molar-refractivity contribution is 7.89. The minimum atomic E-state index is -3.86. The molecule has 0 unspecified atom stereocenters. The number of benzene rings is 1. The van der Waals surface area contributed by atoms with Crippen molar-refractivity contribution in [1.82, 2.24) is 4.31 Å². The summed E-state index contributed by atoms with van der Waals surface area (Å²) in [6.45, 7) is 1.29. The van der Waals surface area contributed by atoms with E-state index in [0.717, 1.165) is 16.4 Å². The van der Waals surface area contributed by atoms with Crippen LogP contribution in [0.5, 0.6) is 0 Å². The van der Waals surface area contributed by atoms with E-state index in [-0.39, 0.29) is 11.3 Å². The van der Waals surface area contributed by atoms with E-state index in [4.69, 9.17) is 0 Å². The third kappa shape index (κ3) is 2.28. The molecule has 0 bridgehead atoms. The molecule has 0 atom stereocenters. The van der Waals surface area contributed by atoms with Gasteiger partial charge in [-0.05, 0) is 25.1 Å². The van der Waals surface area contributed by atoms with Crippen molar-refractivity contribution in [2.24, 2.45) is 0 Å². The van der Waals surface area contributed by atoms with Crippen molar-refractivity contribution in [1.29, 1.82) is 0 Å². The van der Waals surface area contributed by atoms with Crippen molar-refractivity contribution in [3.8, 4) is 0 Å². The second kappa shape index (κ2) is 4.31. The smallest absolute Gasteiger partial charge is 0.245 e. The largest absolute Gasteiger partial charge is 0.295 e. The molecular formula is C10H12FNO3S. The third-order valence-corrected chi connectivity index (χ3v) is 3.93. The third-order valence-electron chi connectivity index (χ3n) is 2.10. The average Bonchev–Trinajstić information content (AvgIpc) is 2.17. The van der Waals surface area contributed by atoms with Crippen molar-refractivity contribution in [3.63, 3.8) is 0 Å². The Labute approximate surface area is 93.7 Å². The molecule has 1 rings (SSSR count). The van der Waals surface area contributed by atoms with E-state index in [2.05, 4.69) is 0 Å². The van der Waals surface area contributed by atoms with Crippen LogP contribution in [0.1, 0.15) is 17.3 Å². The first kappa shape index (κ1) is 12.8. The van der Waals surface area contributed by atoms with Crippen molar-refractivity contribution >= 4 is 15.8 Å². The van der Waals surface area contributed by atoms with Crippen molar-refractivity contribution in [3.05, 3.63) is 29.6 Å². The second-order valence-corrected chi connectivity index (χ2v) is 5.61. The zero-order valence-electron chi connectivity index (χ0n) is 9.19. The monoisotopic (exact) mass is 245 g/mol. The standard InChI is InChI=1S/C10H12FNO3S/c1-7(13)8-4-5-9(11)10(6-8)16(14,15)12(2)3/h4-6H,1-3H3. The number of hydrogen-bond acceptors (Lipinski definition) is 3. The molecule has 4 nitrogen and oxygen atoms in total. The minimum absolute atomic E-state index is 0.168. The van der Waals surface area contributed by atoms with Crippen LogP contribution in [-0.2, 0) is 10.0 Å². The molecule has 0 aromatic heterocycles. The van der Waals surface area contributed by atoms with Gasteiger partial charge in [0.05, 0.1) is 0 Å². The van der Waals surface area contributed by atoms with Gasteiger partial charge in [0.2, 0.25) is 10.0 Å². The molecule has 0 fully saturated rings. The van der Waals surface area contributed by atoms with Crippen LogP contribution in [0.15, 0.2) is 23.1 Å². The molecule has 16 heavy (non-hydrogen) atoms. The summed E-state index contributed by atoms with van der Waals surface area (Å²) < 4.78 is 37.7. The van der Waals surface area contributed by atoms with E-state index in [1.807, 2.05) is 0 Å². The van der Waals surface area contributed by atoms with Gasteiger partial charge in [0.1, 0.15) is 10.7 Å². The van der Waals surface area contributed by atoms with E-state index in [1.165, 1.54) is 27.1 Å². The normalized spacial score (nSPS) is 11.8. The Morgan fingerprint density at radius 3 is 2.31 bits per heavy atom. The lowest BCUT2D eigenvalue weighted by Gasteiger charge is -2.12. The first-order valence-corrected chi connectivity index (χ1v) is 5.94. The molecule has 88 valence electrons. The number of rotatable bonds is 3. The Bertz CT molecular complexity index is 523. The number of halogens is 1. The summed E-state index contributed by atoms with van der Waals surface area (Å²) in [5.41, 5.74) is 0.168. The number of Topliss-reactive ketones (excluding diaryl/α,β-unsaturated/α-hetero) is 1. The van der Waals surface area contributed by atoms with Crippen LogP contribution >= 0.6 is 0 Å². The molecule has 0 aliphatic carbocycles. The van der Waals surface area contributed by atoms with Crippen molar-refractivity contribution < 1.29 is 17.6 Å². The van der Waals surface area contributed by atoms with Crippen LogP contribution < -0.4 is 0 Å². The van der Waals surface area contributed by atoms with E-state index >= 15 is 0 Å². The molecule has 0 saturated heterocycles. The number of ketones is 1. The van der Waals surface area contributed by atoms with Crippen LogP contribution in [0.4, 0.5) is 4.39 Å². The number of nitrogens with zero attached hydrogens (tertiary/aromatic N) is 1. The zero-order valence-corrected chi connectivity index (χ0v) is 10.0. The molecule has 1 aromatic carbocycles. The molecule has 1 aromatic rings. The lowest BCUT2D eigenvalue weighted by molar-refractivity contribution is 0.101. The highest BCUT2D eigenvalue weighted by atomic mass is 32.2. The fourth-order valence-corrected chi connectivity index (χ4v) is 2.10. The maximum Gasteiger partial charge on any atom is 0.245 e. The van der Waals surface area contributed by atoms with Gasteiger partial charge in [-0.1, -0.05) is 0 Å². The Morgan fingerprint density at radius 2 is 1.88 bits per heavy atom. The van der Waals surface area contributed by atoms with Gasteiger partial charge in [0, 0.05) is 19.7 Å². The number of carbonyl (C=O) groups is 1. The zero-order chi connectivity index (χ0) is 12.5. The predicted octanol–water partition coefficient (Wildman–Crippen LogP) is 1.28. The predicted molar refractivity (Wildman–Crippen MR) is 57.3 cm³/mol. The van der Waals surface area contributed by atoms with Gasteiger partial charge in [-0.25, -0.2) is 17.1 Å². The fourth-order valence-electron chi connectivity index (χ4n) is 1.12. The summed E-state index contributed by atoms with van der Waals surface area (Å²) >= 11 is 0. The summed E-state index contributed by atoms with van der Waals surface area (Å²) in [4.78, 5) is 10.6. The van der Waals surface area contributed by atoms with Gasteiger partial charge in [-0.15, -0.1) is 0 Å². The number of sulfonamides is 1. The van der Waals surface area contributed by atoms with Crippen LogP contribution in [0.25, 0.3) is 0 Å². The molecule has 0 amide bonds. The van der Waals surface area contributed by atoms with Crippen LogP contribution in [-0.4, -0.2) is 32.6 Å². The minimum Gasteiger partial charge on any atom is -0.295 e. The first-order valence-electron chi connectivity index (χ1n) is 4.50. The lowest BCUT2D eigenvalue weighted by Crippen LogP contribution is -2.23. The lowest BCUT2D eigenvalue weighted by atomic mass is 10.1. The maximum atomic E-state index is 13.4. The maximum absolute atomic E-state index is 13.4. The highest BCUT2D eigenvalue weighted by Gasteiger charge is 2.22. The second-order valence-electron chi connectivity index (χ2n) is 3.49. The molecule has 6 heteroatoms. The van der Waals surface area contributed by atoms with Crippen molar-refractivity contribution in [2.75, 3.05) is 14.1 Å². The van der Waals surface area contributed by atoms with Crippen LogP contribution in [0.2, 0.25) is 0 Å². The molecule has 0 N–H and O–H groups in total. The quantitative estimate of drug-likeness (QED) is 0.754. The molecule has 0 aliphatic rings. The fraction of sp³-hybridized carbons (Fsp3) is 0.300. The summed E-state index contributed by atoms with van der Waals surface area (Å²) in [7, 11) is -1.26. The summed E-state index contributed by atoms with van der Waals surface area (Å²) in [6, 6.07) is 3.28. The van der Waals surface area contributed by atoms with E-state index < -0.39 is 20.7 Å². The van der Waals surface area contributed by atoms with E-state index in [9.17, 15) is 17.6 Å². The van der Waals surface area contributed by atoms with Gasteiger partial charge in [0.15, 0.2) is 5.78 Å². The van der Waals surface area contributed by atoms with Gasteiger partial charge < -0.3 is 0 Å². The topological polar surface area (TPSA) is 54.5 Å². The summed E-state index contributed by atoms with van der Waals surface area (Å²) in [5.74, 6) is -1.17. The van der Waals surface area contributed by atoms with E-state index in [1.54, 1.807) is 0 Å². The molecule has 0 spiro atoms. The van der Waals surface area contributed by atoms with Crippen molar-refractivity contribution in [2.45, 2.75) is 11.8 Å². The Morgan fingerprint density at radius 1 is 1.31 bits per heavy atom. The Hall–Kier alpha value is -1.27. The molecule has 0 aliphatic heterocycles. The Balaban J connectivity index is 3.45. The summed E-state index contributed by atoms with van der Waals surface area (Å²) in [5, 5.41) is 0. The van der Waals surface area contributed by atoms with Gasteiger partial charge in [0.25, 0.3) is 0 Å². The summed E-state index contributed by atoms with van der Waals surface area (Å²) in [6.07, 6.45) is 0. The molecule has 0 radical (unpaired) electrons. The Kier molecular flexibility index (Phi) is 3.44. The number of hydrogen-bond donors (Lipinski definition) is 0. The first-order chi connectivity index (χ1) is 7.26. The molecular weight excluding hydrogens is 233 g/mol. The molecule has 0 saturated carbocycles. The SMILES string of the molecule is CC(=O)c1ccc(F)c(S(=O)(=O)N(C)C)c1. The van der Waals surface area contributed by atoms with Crippen LogP contribution in [0.3, 0.4) is 0 Å². The van der Waals surface area contributed by atoms with Gasteiger partial charge >= 0.3 is 0 Å². The van der Waals surface area contributed by atoms with Gasteiger partial charge in [-0.2, -0.15) is 0 Å². The van der Waals surface area contributed by atoms with Gasteiger partial charge in [-0.3, -0.25) is 4.79 Å². The van der Waals surface area contributed by atoms with Crippen LogP contribution in [0, 0.1) is 5.82 Å². The van der Waals surface area contributed by atoms with E-state index in [0.29, 0.717) is 0 Å².